The minimum Gasteiger partial charge on any atom is -0.478 e. The summed E-state index contributed by atoms with van der Waals surface area (Å²) in [6.45, 7) is 1.98. The largest absolute Gasteiger partial charge is 0.478 e. The molecular formula is C21H24N2O4. The van der Waals surface area contributed by atoms with Crippen molar-refractivity contribution in [3.05, 3.63) is 59.7 Å². The fourth-order valence-corrected chi connectivity index (χ4v) is 2.67. The second-order valence-corrected chi connectivity index (χ2v) is 6.44. The van der Waals surface area contributed by atoms with Gasteiger partial charge in [0.15, 0.2) is 0 Å². The van der Waals surface area contributed by atoms with Gasteiger partial charge in [0.2, 0.25) is 0 Å². The van der Waals surface area contributed by atoms with Crippen LogP contribution in [0.4, 0.5) is 0 Å². The average molecular weight is 368 g/mol. The van der Waals surface area contributed by atoms with Gasteiger partial charge in [-0.2, -0.15) is 0 Å². The van der Waals surface area contributed by atoms with E-state index in [2.05, 4.69) is 5.32 Å². The van der Waals surface area contributed by atoms with Crippen LogP contribution in [0.25, 0.3) is 11.1 Å². The second kappa shape index (κ2) is 9.64. The van der Waals surface area contributed by atoms with E-state index in [1.807, 2.05) is 12.1 Å². The highest BCUT2D eigenvalue weighted by atomic mass is 16.4. The summed E-state index contributed by atoms with van der Waals surface area (Å²) >= 11 is 0. The van der Waals surface area contributed by atoms with E-state index in [0.717, 1.165) is 24.0 Å². The number of hydrogen-bond donors (Lipinski definition) is 3. The summed E-state index contributed by atoms with van der Waals surface area (Å²) < 4.78 is 0. The van der Waals surface area contributed by atoms with E-state index in [4.69, 9.17) is 10.8 Å². The van der Waals surface area contributed by atoms with Crippen LogP contribution in [0.1, 0.15) is 46.9 Å². The molecule has 2 aromatic carbocycles. The number of aromatic carboxylic acids is 1. The zero-order chi connectivity index (χ0) is 19.8. The number of carboxylic acid groups (broad SMARTS) is 1. The molecule has 0 heterocycles. The summed E-state index contributed by atoms with van der Waals surface area (Å²) in [6.07, 6.45) is 2.12. The second-order valence-electron chi connectivity index (χ2n) is 6.44. The molecular weight excluding hydrogens is 344 g/mol. The predicted molar refractivity (Wildman–Crippen MR) is 104 cm³/mol. The molecule has 4 N–H and O–H groups in total. The third-order valence-corrected chi connectivity index (χ3v) is 4.32. The molecule has 0 aliphatic heterocycles. The summed E-state index contributed by atoms with van der Waals surface area (Å²) in [5.74, 6) is -1.21. The highest BCUT2D eigenvalue weighted by Gasteiger charge is 2.10. The van der Waals surface area contributed by atoms with E-state index in [1.54, 1.807) is 30.3 Å². The van der Waals surface area contributed by atoms with Crippen molar-refractivity contribution in [2.45, 2.75) is 32.2 Å². The van der Waals surface area contributed by atoms with Crippen LogP contribution >= 0.6 is 0 Å². The zero-order valence-electron chi connectivity index (χ0n) is 15.3. The lowest BCUT2D eigenvalue weighted by Crippen LogP contribution is -2.29. The fourth-order valence-electron chi connectivity index (χ4n) is 2.67. The van der Waals surface area contributed by atoms with Gasteiger partial charge in [0.05, 0.1) is 11.6 Å². The van der Waals surface area contributed by atoms with Crippen molar-refractivity contribution < 1.29 is 19.5 Å². The van der Waals surface area contributed by atoms with E-state index in [1.165, 1.54) is 13.0 Å². The lowest BCUT2D eigenvalue weighted by atomic mass is 10.0. The SMILES string of the molecule is CC(=O)[C@@H](N)CCCCNC(=O)c1cccc(-c2cccc(C(=O)O)c2)c1. The minimum atomic E-state index is -0.991. The molecule has 1 amide bonds. The Labute approximate surface area is 158 Å². The molecule has 2 aromatic rings. The van der Waals surface area contributed by atoms with Crippen LogP contribution in [0, 0.1) is 0 Å². The van der Waals surface area contributed by atoms with Crippen LogP contribution in [0.5, 0.6) is 0 Å². The molecule has 0 radical (unpaired) electrons. The maximum absolute atomic E-state index is 12.3. The highest BCUT2D eigenvalue weighted by Crippen LogP contribution is 2.21. The molecule has 6 heteroatoms. The summed E-state index contributed by atoms with van der Waals surface area (Å²) in [5.41, 5.74) is 7.90. The van der Waals surface area contributed by atoms with Gasteiger partial charge in [0, 0.05) is 12.1 Å². The van der Waals surface area contributed by atoms with Gasteiger partial charge in [-0.05, 0) is 61.6 Å². The minimum absolute atomic E-state index is 0.0252. The maximum Gasteiger partial charge on any atom is 0.335 e. The monoisotopic (exact) mass is 368 g/mol. The fraction of sp³-hybridized carbons (Fsp3) is 0.286. The third-order valence-electron chi connectivity index (χ3n) is 4.32. The molecule has 0 saturated carbocycles. The molecule has 2 rings (SSSR count). The lowest BCUT2D eigenvalue weighted by Gasteiger charge is -2.09. The number of rotatable bonds is 9. The van der Waals surface area contributed by atoms with Crippen molar-refractivity contribution in [1.29, 1.82) is 0 Å². The maximum atomic E-state index is 12.3. The smallest absolute Gasteiger partial charge is 0.335 e. The first kappa shape index (κ1) is 20.3. The third kappa shape index (κ3) is 6.04. The van der Waals surface area contributed by atoms with Crippen molar-refractivity contribution in [2.24, 2.45) is 5.73 Å². The number of amides is 1. The zero-order valence-corrected chi connectivity index (χ0v) is 15.3. The first-order valence-corrected chi connectivity index (χ1v) is 8.86. The molecule has 0 aliphatic carbocycles. The molecule has 0 aromatic heterocycles. The van der Waals surface area contributed by atoms with Crippen molar-refractivity contribution in [2.75, 3.05) is 6.54 Å². The molecule has 0 bridgehead atoms. The van der Waals surface area contributed by atoms with Gasteiger partial charge in [0.1, 0.15) is 5.78 Å². The Morgan fingerprint density at radius 2 is 1.59 bits per heavy atom. The van der Waals surface area contributed by atoms with E-state index >= 15 is 0 Å². The molecule has 6 nitrogen and oxygen atoms in total. The molecule has 0 unspecified atom stereocenters. The van der Waals surface area contributed by atoms with Crippen molar-refractivity contribution in [3.8, 4) is 11.1 Å². The van der Waals surface area contributed by atoms with Crippen LogP contribution in [-0.2, 0) is 4.79 Å². The Kier molecular flexibility index (Phi) is 7.25. The molecule has 142 valence electrons. The van der Waals surface area contributed by atoms with Crippen LogP contribution in [0.3, 0.4) is 0 Å². The molecule has 0 aliphatic rings. The van der Waals surface area contributed by atoms with Gasteiger partial charge in [-0.3, -0.25) is 9.59 Å². The normalized spacial score (nSPS) is 11.6. The molecule has 0 saturated heterocycles. The number of carbonyl (C=O) groups excluding carboxylic acids is 2. The number of nitrogens with two attached hydrogens (primary N) is 1. The molecule has 0 fully saturated rings. The van der Waals surface area contributed by atoms with Crippen LogP contribution in [0.15, 0.2) is 48.5 Å². The summed E-state index contributed by atoms with van der Waals surface area (Å²) in [5, 5.41) is 12.0. The standard InChI is InChI=1S/C21H24N2O4/c1-14(24)19(22)10-2-3-11-23-20(25)17-8-4-6-15(12-17)16-7-5-9-18(13-16)21(26)27/h4-9,12-13,19H,2-3,10-11,22H2,1H3,(H,23,25)(H,26,27)/t19-/m0/s1. The van der Waals surface area contributed by atoms with Crippen molar-refractivity contribution in [1.82, 2.24) is 5.32 Å². The van der Waals surface area contributed by atoms with E-state index < -0.39 is 12.0 Å². The van der Waals surface area contributed by atoms with Gasteiger partial charge < -0.3 is 16.2 Å². The summed E-state index contributed by atoms with van der Waals surface area (Å²) in [4.78, 5) is 34.5. The predicted octanol–water partition coefficient (Wildman–Crippen LogP) is 2.87. The van der Waals surface area contributed by atoms with Gasteiger partial charge >= 0.3 is 5.97 Å². The number of hydrogen-bond acceptors (Lipinski definition) is 4. The highest BCUT2D eigenvalue weighted by molar-refractivity contribution is 5.95. The number of unbranched alkanes of at least 4 members (excludes halogenated alkanes) is 1. The van der Waals surface area contributed by atoms with Crippen LogP contribution in [-0.4, -0.2) is 35.4 Å². The molecule has 27 heavy (non-hydrogen) atoms. The Morgan fingerprint density at radius 3 is 2.19 bits per heavy atom. The number of Topliss-reactive ketones (excluding diaryl/α,β-unsaturated/α-hetero) is 1. The Morgan fingerprint density at radius 1 is 1.00 bits per heavy atom. The van der Waals surface area contributed by atoms with E-state index in [9.17, 15) is 14.4 Å². The van der Waals surface area contributed by atoms with Crippen LogP contribution in [0.2, 0.25) is 0 Å². The first-order chi connectivity index (χ1) is 12.9. The summed E-state index contributed by atoms with van der Waals surface area (Å²) in [7, 11) is 0. The number of benzene rings is 2. The van der Waals surface area contributed by atoms with Gasteiger partial charge in [-0.1, -0.05) is 24.3 Å². The van der Waals surface area contributed by atoms with E-state index in [-0.39, 0.29) is 17.3 Å². The Hall–Kier alpha value is -2.99. The van der Waals surface area contributed by atoms with Crippen LogP contribution < -0.4 is 11.1 Å². The number of carbonyl (C=O) groups is 3. The Bertz CT molecular complexity index is 832. The van der Waals surface area contributed by atoms with Gasteiger partial charge in [0.25, 0.3) is 5.91 Å². The number of ketones is 1. The van der Waals surface area contributed by atoms with Crippen molar-refractivity contribution >= 4 is 17.7 Å². The average Bonchev–Trinajstić information content (AvgIpc) is 2.67. The Balaban J connectivity index is 1.94. The van der Waals surface area contributed by atoms with Gasteiger partial charge in [-0.25, -0.2) is 4.79 Å². The quantitative estimate of drug-likeness (QED) is 0.590. The number of carboxylic acids is 1. The van der Waals surface area contributed by atoms with E-state index in [0.29, 0.717) is 18.5 Å². The molecule has 0 spiro atoms. The lowest BCUT2D eigenvalue weighted by molar-refractivity contribution is -0.118. The first-order valence-electron chi connectivity index (χ1n) is 8.86. The van der Waals surface area contributed by atoms with Crippen molar-refractivity contribution in [3.63, 3.8) is 0 Å². The molecule has 1 atom stereocenters. The number of nitrogens with one attached hydrogen (secondary N) is 1. The summed E-state index contributed by atoms with van der Waals surface area (Å²) in [6, 6.07) is 13.2. The van der Waals surface area contributed by atoms with Gasteiger partial charge in [-0.15, -0.1) is 0 Å². The topological polar surface area (TPSA) is 109 Å².